The normalized spacial score (nSPS) is 17.0. The standard InChI is InChI=1S/C16H18ClFN2O5/c1-8(2)25-14-6-12(11(18)5-10(14)17)19-16(23)20-7-9(21)4-13(20)15(22)24-3/h5-6,8,13H,4,7H2,1-3H3,(H,19,23). The summed E-state index contributed by atoms with van der Waals surface area (Å²) >= 11 is 5.92. The summed E-state index contributed by atoms with van der Waals surface area (Å²) < 4.78 is 24.1. The van der Waals surface area contributed by atoms with E-state index >= 15 is 0 Å². The number of carbonyl (C=O) groups is 3. The Morgan fingerprint density at radius 2 is 2.08 bits per heavy atom. The van der Waals surface area contributed by atoms with Crippen molar-refractivity contribution in [2.24, 2.45) is 0 Å². The van der Waals surface area contributed by atoms with Crippen LogP contribution in [0.5, 0.6) is 5.75 Å². The molecule has 1 fully saturated rings. The lowest BCUT2D eigenvalue weighted by atomic mass is 10.2. The molecule has 1 unspecified atom stereocenters. The van der Waals surface area contributed by atoms with Crippen LogP contribution >= 0.6 is 11.6 Å². The maximum Gasteiger partial charge on any atom is 0.329 e. The average Bonchev–Trinajstić information content (AvgIpc) is 2.92. The van der Waals surface area contributed by atoms with Crippen LogP contribution in [0, 0.1) is 5.82 Å². The predicted molar refractivity (Wildman–Crippen MR) is 88.3 cm³/mol. The lowest BCUT2D eigenvalue weighted by molar-refractivity contribution is -0.145. The molecule has 2 amide bonds. The van der Waals surface area contributed by atoms with Gasteiger partial charge in [0.2, 0.25) is 0 Å². The zero-order chi connectivity index (χ0) is 18.7. The zero-order valence-corrected chi connectivity index (χ0v) is 14.7. The summed E-state index contributed by atoms with van der Waals surface area (Å²) in [5, 5.41) is 2.40. The van der Waals surface area contributed by atoms with Gasteiger partial charge in [-0.25, -0.2) is 14.0 Å². The minimum absolute atomic E-state index is 0.0630. The summed E-state index contributed by atoms with van der Waals surface area (Å²) in [6.07, 6.45) is -0.336. The van der Waals surface area contributed by atoms with Gasteiger partial charge in [-0.15, -0.1) is 0 Å². The van der Waals surface area contributed by atoms with Crippen molar-refractivity contribution in [3.63, 3.8) is 0 Å². The Hall–Kier alpha value is -2.35. The highest BCUT2D eigenvalue weighted by molar-refractivity contribution is 6.32. The van der Waals surface area contributed by atoms with Crippen LogP contribution in [0.3, 0.4) is 0 Å². The maximum atomic E-state index is 14.1. The Kier molecular flexibility index (Phi) is 5.84. The monoisotopic (exact) mass is 372 g/mol. The highest BCUT2D eigenvalue weighted by atomic mass is 35.5. The third-order valence-corrected chi connectivity index (χ3v) is 3.80. The zero-order valence-electron chi connectivity index (χ0n) is 14.0. The lowest BCUT2D eigenvalue weighted by Gasteiger charge is -2.22. The number of rotatable bonds is 4. The number of amides is 2. The molecule has 1 aromatic rings. The molecule has 25 heavy (non-hydrogen) atoms. The van der Waals surface area contributed by atoms with Crippen LogP contribution in [0.15, 0.2) is 12.1 Å². The van der Waals surface area contributed by atoms with Gasteiger partial charge in [-0.3, -0.25) is 4.79 Å². The fraction of sp³-hybridized carbons (Fsp3) is 0.438. The Balaban J connectivity index is 2.22. The summed E-state index contributed by atoms with van der Waals surface area (Å²) in [5.41, 5.74) is -0.173. The van der Waals surface area contributed by atoms with Crippen molar-refractivity contribution in [2.45, 2.75) is 32.4 Å². The van der Waals surface area contributed by atoms with E-state index in [0.29, 0.717) is 0 Å². The summed E-state index contributed by atoms with van der Waals surface area (Å²) in [6.45, 7) is 3.29. The first-order valence-electron chi connectivity index (χ1n) is 7.55. The van der Waals surface area contributed by atoms with Crippen molar-refractivity contribution in [2.75, 3.05) is 19.0 Å². The number of Topliss-reactive ketones (excluding diaryl/α,β-unsaturated/α-hetero) is 1. The second-order valence-corrected chi connectivity index (χ2v) is 6.18. The van der Waals surface area contributed by atoms with Gasteiger partial charge in [0.15, 0.2) is 5.78 Å². The van der Waals surface area contributed by atoms with Gasteiger partial charge in [-0.05, 0) is 19.9 Å². The molecule has 0 aromatic heterocycles. The molecule has 1 aromatic carbocycles. The molecule has 0 saturated carbocycles. The molecule has 1 heterocycles. The van der Waals surface area contributed by atoms with Gasteiger partial charge in [0.1, 0.15) is 17.6 Å². The fourth-order valence-corrected chi connectivity index (χ4v) is 2.60. The molecule has 0 bridgehead atoms. The molecule has 1 aliphatic heterocycles. The fourth-order valence-electron chi connectivity index (χ4n) is 2.41. The van der Waals surface area contributed by atoms with Crippen LogP contribution in [-0.4, -0.2) is 48.5 Å². The molecule has 136 valence electrons. The van der Waals surface area contributed by atoms with Crippen LogP contribution in [0.4, 0.5) is 14.9 Å². The van der Waals surface area contributed by atoms with Gasteiger partial charge < -0.3 is 19.7 Å². The van der Waals surface area contributed by atoms with Gasteiger partial charge in [0.25, 0.3) is 0 Å². The number of likely N-dealkylation sites (tertiary alicyclic amines) is 1. The van der Waals surface area contributed by atoms with Crippen molar-refractivity contribution >= 4 is 35.1 Å². The number of halogens is 2. The van der Waals surface area contributed by atoms with Gasteiger partial charge in [-0.1, -0.05) is 11.6 Å². The number of nitrogens with zero attached hydrogens (tertiary/aromatic N) is 1. The Morgan fingerprint density at radius 1 is 1.40 bits per heavy atom. The molecular weight excluding hydrogens is 355 g/mol. The van der Waals surface area contributed by atoms with E-state index in [-0.39, 0.29) is 41.3 Å². The largest absolute Gasteiger partial charge is 0.489 e. The molecule has 0 radical (unpaired) electrons. The molecule has 2 rings (SSSR count). The number of ketones is 1. The number of ether oxygens (including phenoxy) is 2. The number of esters is 1. The van der Waals surface area contributed by atoms with Crippen LogP contribution in [0.2, 0.25) is 5.02 Å². The highest BCUT2D eigenvalue weighted by Gasteiger charge is 2.39. The van der Waals surface area contributed by atoms with Gasteiger partial charge in [0, 0.05) is 12.5 Å². The highest BCUT2D eigenvalue weighted by Crippen LogP contribution is 2.31. The van der Waals surface area contributed by atoms with E-state index in [1.54, 1.807) is 13.8 Å². The van der Waals surface area contributed by atoms with Crippen molar-refractivity contribution in [1.29, 1.82) is 0 Å². The second kappa shape index (κ2) is 7.69. The first-order chi connectivity index (χ1) is 11.7. The number of hydrogen-bond donors (Lipinski definition) is 1. The van der Waals surface area contributed by atoms with E-state index in [1.165, 1.54) is 6.07 Å². The number of carbonyl (C=O) groups excluding carboxylic acids is 3. The maximum absolute atomic E-state index is 14.1. The van der Waals surface area contributed by atoms with E-state index in [1.807, 2.05) is 0 Å². The first-order valence-corrected chi connectivity index (χ1v) is 7.93. The lowest BCUT2D eigenvalue weighted by Crippen LogP contribution is -2.43. The quantitative estimate of drug-likeness (QED) is 0.821. The van der Waals surface area contributed by atoms with Crippen molar-refractivity contribution < 1.29 is 28.2 Å². The predicted octanol–water partition coefficient (Wildman–Crippen LogP) is 2.61. The molecule has 0 spiro atoms. The Bertz CT molecular complexity index is 710. The summed E-state index contributed by atoms with van der Waals surface area (Å²) in [6, 6.07) is 0.444. The minimum atomic E-state index is -1.03. The second-order valence-electron chi connectivity index (χ2n) is 5.77. The summed E-state index contributed by atoms with van der Waals surface area (Å²) in [5.74, 6) is -1.56. The smallest absolute Gasteiger partial charge is 0.329 e. The molecule has 1 saturated heterocycles. The number of benzene rings is 1. The number of anilines is 1. The van der Waals surface area contributed by atoms with E-state index in [4.69, 9.17) is 16.3 Å². The average molecular weight is 373 g/mol. The van der Waals surface area contributed by atoms with E-state index in [0.717, 1.165) is 18.1 Å². The summed E-state index contributed by atoms with van der Waals surface area (Å²) in [7, 11) is 1.16. The minimum Gasteiger partial charge on any atom is -0.489 e. The van der Waals surface area contributed by atoms with Crippen LogP contribution in [0.25, 0.3) is 0 Å². The number of hydrogen-bond acceptors (Lipinski definition) is 5. The van der Waals surface area contributed by atoms with E-state index in [2.05, 4.69) is 10.1 Å². The van der Waals surface area contributed by atoms with Crippen molar-refractivity contribution in [3.05, 3.63) is 23.0 Å². The topological polar surface area (TPSA) is 84.9 Å². The van der Waals surface area contributed by atoms with Gasteiger partial charge >= 0.3 is 12.0 Å². The molecule has 1 N–H and O–H groups in total. The van der Waals surface area contributed by atoms with Gasteiger partial charge in [-0.2, -0.15) is 0 Å². The number of methoxy groups -OCH3 is 1. The van der Waals surface area contributed by atoms with Crippen LogP contribution < -0.4 is 10.1 Å². The molecule has 1 aliphatic rings. The third kappa shape index (κ3) is 4.39. The molecule has 7 nitrogen and oxygen atoms in total. The summed E-state index contributed by atoms with van der Waals surface area (Å²) in [4.78, 5) is 36.7. The van der Waals surface area contributed by atoms with Crippen molar-refractivity contribution in [3.8, 4) is 5.75 Å². The van der Waals surface area contributed by atoms with Crippen molar-refractivity contribution in [1.82, 2.24) is 4.90 Å². The van der Waals surface area contributed by atoms with Crippen LogP contribution in [0.1, 0.15) is 20.3 Å². The molecule has 0 aliphatic carbocycles. The van der Waals surface area contributed by atoms with Gasteiger partial charge in [0.05, 0.1) is 30.5 Å². The number of nitrogens with one attached hydrogen (secondary N) is 1. The van der Waals surface area contributed by atoms with E-state index < -0.39 is 23.9 Å². The molecule has 9 heteroatoms. The number of urea groups is 1. The SMILES string of the molecule is COC(=O)C1CC(=O)CN1C(=O)Nc1cc(OC(C)C)c(Cl)cc1F. The van der Waals surface area contributed by atoms with E-state index in [9.17, 15) is 18.8 Å². The first kappa shape index (κ1) is 19.0. The van der Waals surface area contributed by atoms with Crippen LogP contribution in [-0.2, 0) is 14.3 Å². The Morgan fingerprint density at radius 3 is 2.68 bits per heavy atom. The molecule has 1 atom stereocenters. The molecular formula is C16H18ClFN2O5. The Labute approximate surface area is 149 Å². The third-order valence-electron chi connectivity index (χ3n) is 3.50.